The van der Waals surface area contributed by atoms with E-state index in [1.165, 1.54) is 14.7 Å². The molecule has 0 saturated heterocycles. The van der Waals surface area contributed by atoms with Crippen LogP contribution in [0, 0.1) is 9.49 Å². The normalized spacial score (nSPS) is 20.3. The molecule has 172 valence electrons. The number of nitrogens with zero attached hydrogens (tertiary/aromatic N) is 1. The fourth-order valence-corrected chi connectivity index (χ4v) is 5.25. The molecular weight excluding hydrogens is 519 g/mol. The predicted octanol–water partition coefficient (Wildman–Crippen LogP) is 7.82. The van der Waals surface area contributed by atoms with Gasteiger partial charge in [-0.25, -0.2) is 0 Å². The van der Waals surface area contributed by atoms with Crippen LogP contribution in [0.4, 0.5) is 11.4 Å². The van der Waals surface area contributed by atoms with Crippen LogP contribution in [0.25, 0.3) is 0 Å². The Morgan fingerprint density at radius 1 is 0.970 bits per heavy atom. The van der Waals surface area contributed by atoms with E-state index in [4.69, 9.17) is 0 Å². The number of anilines is 2. The predicted molar refractivity (Wildman–Crippen MR) is 147 cm³/mol. The highest BCUT2D eigenvalue weighted by atomic mass is 127. The standard InChI is InChI=1S/C29H33IN2O/c1-6-25-19(2)27(31-23-17-15-22(30)16-18-23)24-9-7-8-10-26(24)32(25)28(33)20-11-13-21(14-12-20)29(3,4)5/h7-19,25,27,31H,6H2,1-5H3/t19-,25-,27+/m1/s1. The summed E-state index contributed by atoms with van der Waals surface area (Å²) in [7, 11) is 0. The molecule has 33 heavy (non-hydrogen) atoms. The van der Waals surface area contributed by atoms with Crippen LogP contribution in [0.5, 0.6) is 0 Å². The quantitative estimate of drug-likeness (QED) is 0.335. The Morgan fingerprint density at radius 3 is 2.21 bits per heavy atom. The van der Waals surface area contributed by atoms with Crippen LogP contribution in [-0.4, -0.2) is 11.9 Å². The molecule has 1 N–H and O–H groups in total. The molecule has 0 fully saturated rings. The van der Waals surface area contributed by atoms with Crippen molar-refractivity contribution in [3.63, 3.8) is 0 Å². The summed E-state index contributed by atoms with van der Waals surface area (Å²) >= 11 is 2.33. The molecule has 1 aliphatic rings. The maximum atomic E-state index is 13.8. The van der Waals surface area contributed by atoms with Crippen LogP contribution in [0.3, 0.4) is 0 Å². The maximum Gasteiger partial charge on any atom is 0.258 e. The second kappa shape index (κ2) is 9.49. The molecule has 3 nitrogen and oxygen atoms in total. The van der Waals surface area contributed by atoms with Crippen molar-refractivity contribution in [2.75, 3.05) is 10.2 Å². The first-order valence-corrected chi connectivity index (χ1v) is 12.8. The Bertz CT molecular complexity index is 1120. The average Bonchev–Trinajstić information content (AvgIpc) is 2.81. The molecule has 0 bridgehead atoms. The molecule has 1 amide bonds. The third-order valence-corrected chi connectivity index (χ3v) is 7.52. The number of amides is 1. The van der Waals surface area contributed by atoms with Crippen LogP contribution >= 0.6 is 22.6 Å². The molecule has 0 unspecified atom stereocenters. The summed E-state index contributed by atoms with van der Waals surface area (Å²) in [4.78, 5) is 15.9. The summed E-state index contributed by atoms with van der Waals surface area (Å²) in [5, 5.41) is 3.76. The van der Waals surface area contributed by atoms with Gasteiger partial charge in [-0.1, -0.05) is 65.0 Å². The maximum absolute atomic E-state index is 13.8. The van der Waals surface area contributed by atoms with Crippen molar-refractivity contribution in [1.29, 1.82) is 0 Å². The van der Waals surface area contributed by atoms with Gasteiger partial charge in [0.1, 0.15) is 0 Å². The molecule has 4 rings (SSSR count). The molecule has 0 saturated carbocycles. The molecule has 1 heterocycles. The molecule has 4 heteroatoms. The summed E-state index contributed by atoms with van der Waals surface area (Å²) in [5.41, 5.74) is 5.33. The van der Waals surface area contributed by atoms with Gasteiger partial charge < -0.3 is 10.2 Å². The van der Waals surface area contributed by atoms with Gasteiger partial charge >= 0.3 is 0 Å². The number of hydrogen-bond acceptors (Lipinski definition) is 2. The zero-order chi connectivity index (χ0) is 23.8. The SMILES string of the molecule is CC[C@@H]1[C@@H](C)[C@H](Nc2ccc(I)cc2)c2ccccc2N1C(=O)c1ccc(C(C)(C)C)cc1. The molecule has 0 aromatic heterocycles. The average molecular weight is 553 g/mol. The lowest BCUT2D eigenvalue weighted by Gasteiger charge is -2.45. The van der Waals surface area contributed by atoms with Crippen molar-refractivity contribution >= 4 is 39.9 Å². The first-order chi connectivity index (χ1) is 15.7. The lowest BCUT2D eigenvalue weighted by Crippen LogP contribution is -2.50. The molecule has 0 spiro atoms. The second-order valence-corrected chi connectivity index (χ2v) is 11.3. The Morgan fingerprint density at radius 2 is 1.61 bits per heavy atom. The first-order valence-electron chi connectivity index (χ1n) is 11.8. The molecule has 3 aromatic carbocycles. The summed E-state index contributed by atoms with van der Waals surface area (Å²) in [6, 6.07) is 25.3. The van der Waals surface area contributed by atoms with Crippen molar-refractivity contribution in [2.24, 2.45) is 5.92 Å². The van der Waals surface area contributed by atoms with E-state index in [1.807, 2.05) is 23.1 Å². The third kappa shape index (κ3) is 4.81. The third-order valence-electron chi connectivity index (χ3n) is 6.80. The number of halogens is 1. The topological polar surface area (TPSA) is 32.3 Å². The number of benzene rings is 3. The van der Waals surface area contributed by atoms with Crippen molar-refractivity contribution in [3.8, 4) is 0 Å². The van der Waals surface area contributed by atoms with E-state index >= 15 is 0 Å². The monoisotopic (exact) mass is 552 g/mol. The lowest BCUT2D eigenvalue weighted by molar-refractivity contribution is 0.0960. The minimum Gasteiger partial charge on any atom is -0.378 e. The zero-order valence-electron chi connectivity index (χ0n) is 20.1. The number of carbonyl (C=O) groups excluding carboxylic acids is 1. The lowest BCUT2D eigenvalue weighted by atomic mass is 9.80. The van der Waals surface area contributed by atoms with E-state index in [0.29, 0.717) is 0 Å². The van der Waals surface area contributed by atoms with Gasteiger partial charge in [-0.15, -0.1) is 0 Å². The molecule has 3 aromatic rings. The van der Waals surface area contributed by atoms with E-state index in [9.17, 15) is 4.79 Å². The second-order valence-electron chi connectivity index (χ2n) is 10.0. The Hall–Kier alpha value is -2.34. The fourth-order valence-electron chi connectivity index (χ4n) is 4.89. The van der Waals surface area contributed by atoms with Crippen molar-refractivity contribution in [3.05, 3.63) is 93.1 Å². The van der Waals surface area contributed by atoms with Crippen molar-refractivity contribution in [2.45, 2.75) is 58.5 Å². The van der Waals surface area contributed by atoms with Crippen LogP contribution in [-0.2, 0) is 5.41 Å². The number of hydrogen-bond donors (Lipinski definition) is 1. The van der Waals surface area contributed by atoms with Gasteiger partial charge in [0, 0.05) is 32.5 Å². The van der Waals surface area contributed by atoms with Gasteiger partial charge in [-0.3, -0.25) is 4.79 Å². The number of nitrogens with one attached hydrogen (secondary N) is 1. The Kier molecular flexibility index (Phi) is 6.85. The van der Waals surface area contributed by atoms with Crippen LogP contribution < -0.4 is 10.2 Å². The highest BCUT2D eigenvalue weighted by Crippen LogP contribution is 2.44. The molecule has 3 atom stereocenters. The van der Waals surface area contributed by atoms with Gasteiger partial charge in [0.05, 0.1) is 6.04 Å². The van der Waals surface area contributed by atoms with Crippen LogP contribution in [0.1, 0.15) is 68.6 Å². The summed E-state index contributed by atoms with van der Waals surface area (Å²) in [5.74, 6) is 0.330. The Labute approximate surface area is 211 Å². The minimum absolute atomic E-state index is 0.0637. The summed E-state index contributed by atoms with van der Waals surface area (Å²) < 4.78 is 1.22. The van der Waals surface area contributed by atoms with Gasteiger partial charge in [0.2, 0.25) is 0 Å². The van der Waals surface area contributed by atoms with Crippen LogP contribution in [0.15, 0.2) is 72.8 Å². The van der Waals surface area contributed by atoms with Gasteiger partial charge in [0.15, 0.2) is 0 Å². The van der Waals surface area contributed by atoms with Crippen molar-refractivity contribution < 1.29 is 4.79 Å². The Balaban J connectivity index is 1.72. The smallest absolute Gasteiger partial charge is 0.258 e. The molecule has 1 aliphatic heterocycles. The minimum atomic E-state index is 0.0637. The molecule has 0 radical (unpaired) electrons. The number of carbonyl (C=O) groups is 1. The zero-order valence-corrected chi connectivity index (χ0v) is 22.3. The summed E-state index contributed by atoms with van der Waals surface area (Å²) in [6.45, 7) is 11.0. The van der Waals surface area contributed by atoms with Gasteiger partial charge in [0.25, 0.3) is 5.91 Å². The number of fused-ring (bicyclic) bond motifs is 1. The van der Waals surface area contributed by atoms with E-state index in [1.54, 1.807) is 0 Å². The van der Waals surface area contributed by atoms with Crippen LogP contribution in [0.2, 0.25) is 0 Å². The van der Waals surface area contributed by atoms with E-state index in [2.05, 4.69) is 117 Å². The van der Waals surface area contributed by atoms with E-state index < -0.39 is 0 Å². The molecular formula is C29H33IN2O. The number of rotatable bonds is 4. The van der Waals surface area contributed by atoms with E-state index in [0.717, 1.165) is 23.4 Å². The highest BCUT2D eigenvalue weighted by Gasteiger charge is 2.40. The van der Waals surface area contributed by atoms with E-state index in [-0.39, 0.29) is 29.3 Å². The fraction of sp³-hybridized carbons (Fsp3) is 0.345. The highest BCUT2D eigenvalue weighted by molar-refractivity contribution is 14.1. The van der Waals surface area contributed by atoms with Gasteiger partial charge in [-0.05, 0) is 88.0 Å². The van der Waals surface area contributed by atoms with Crippen molar-refractivity contribution in [1.82, 2.24) is 0 Å². The summed E-state index contributed by atoms with van der Waals surface area (Å²) in [6.07, 6.45) is 0.895. The molecule has 0 aliphatic carbocycles. The van der Waals surface area contributed by atoms with Gasteiger partial charge in [-0.2, -0.15) is 0 Å². The first kappa shape index (κ1) is 23.8. The number of para-hydroxylation sites is 1. The largest absolute Gasteiger partial charge is 0.378 e.